The second-order valence-corrected chi connectivity index (χ2v) is 4.18. The number of nitrogens with zero attached hydrogens (tertiary/aromatic N) is 2. The fraction of sp³-hybridized carbons (Fsp3) is 0.500. The maximum absolute atomic E-state index is 4.49. The van der Waals surface area contributed by atoms with Crippen LogP contribution in [0.2, 0.25) is 0 Å². The van der Waals surface area contributed by atoms with Gasteiger partial charge in [-0.15, -0.1) is 0 Å². The fourth-order valence-electron chi connectivity index (χ4n) is 2.02. The molecule has 0 bridgehead atoms. The number of aryl methyl sites for hydroxylation is 2. The lowest BCUT2D eigenvalue weighted by Crippen LogP contribution is -1.99. The molecule has 1 aromatic carbocycles. The molecular formula is C14H22N2. The van der Waals surface area contributed by atoms with Gasteiger partial charge in [0.15, 0.2) is 0 Å². The van der Waals surface area contributed by atoms with E-state index in [2.05, 4.69) is 44.1 Å². The zero-order valence-electron chi connectivity index (χ0n) is 11.2. The van der Waals surface area contributed by atoms with Gasteiger partial charge in [-0.3, -0.25) is 4.68 Å². The monoisotopic (exact) mass is 218 g/mol. The molecular weight excluding hydrogens is 196 g/mol. The third-order valence-electron chi connectivity index (χ3n) is 2.58. The molecule has 2 nitrogen and oxygen atoms in total. The van der Waals surface area contributed by atoms with Crippen molar-refractivity contribution < 1.29 is 0 Å². The highest BCUT2D eigenvalue weighted by Gasteiger charge is 2.11. The van der Waals surface area contributed by atoms with Gasteiger partial charge in [0.25, 0.3) is 0 Å². The van der Waals surface area contributed by atoms with Gasteiger partial charge in [0.05, 0.1) is 5.52 Å². The summed E-state index contributed by atoms with van der Waals surface area (Å²) in [7, 11) is 2.02. The van der Waals surface area contributed by atoms with Crippen LogP contribution in [-0.4, -0.2) is 9.78 Å². The Morgan fingerprint density at radius 2 is 1.81 bits per heavy atom. The highest BCUT2D eigenvalue weighted by atomic mass is 15.3. The van der Waals surface area contributed by atoms with Crippen LogP contribution in [0.15, 0.2) is 18.2 Å². The smallest absolute Gasteiger partial charge is 0.0926 e. The third kappa shape index (κ3) is 2.26. The van der Waals surface area contributed by atoms with Gasteiger partial charge < -0.3 is 0 Å². The van der Waals surface area contributed by atoms with E-state index in [1.165, 1.54) is 16.6 Å². The summed E-state index contributed by atoms with van der Waals surface area (Å²) in [6.07, 6.45) is 0. The maximum atomic E-state index is 4.49. The summed E-state index contributed by atoms with van der Waals surface area (Å²) in [6.45, 7) is 10.5. The van der Waals surface area contributed by atoms with E-state index >= 15 is 0 Å². The predicted molar refractivity (Wildman–Crippen MR) is 70.9 cm³/mol. The predicted octanol–water partition coefficient (Wildman–Crippen LogP) is 4.03. The molecule has 1 aromatic heterocycles. The molecule has 0 saturated heterocycles. The summed E-state index contributed by atoms with van der Waals surface area (Å²) >= 11 is 0. The molecule has 1 heterocycles. The first-order valence-corrected chi connectivity index (χ1v) is 6.03. The Morgan fingerprint density at radius 1 is 1.19 bits per heavy atom. The Balaban J connectivity index is 0.000000606. The van der Waals surface area contributed by atoms with Crippen LogP contribution in [0.1, 0.15) is 44.9 Å². The zero-order valence-corrected chi connectivity index (χ0v) is 11.2. The van der Waals surface area contributed by atoms with Crippen LogP contribution >= 0.6 is 0 Å². The molecule has 0 amide bonds. The van der Waals surface area contributed by atoms with Crippen LogP contribution in [0.4, 0.5) is 0 Å². The largest absolute Gasteiger partial charge is 0.271 e. The molecule has 2 rings (SSSR count). The van der Waals surface area contributed by atoms with Crippen LogP contribution in [0, 0.1) is 6.92 Å². The van der Waals surface area contributed by atoms with Crippen LogP contribution in [0.25, 0.3) is 10.9 Å². The zero-order chi connectivity index (χ0) is 12.3. The van der Waals surface area contributed by atoms with Crippen molar-refractivity contribution in [1.82, 2.24) is 9.78 Å². The molecule has 0 spiro atoms. The minimum Gasteiger partial charge on any atom is -0.271 e. The van der Waals surface area contributed by atoms with E-state index < -0.39 is 0 Å². The van der Waals surface area contributed by atoms with Crippen LogP contribution < -0.4 is 0 Å². The van der Waals surface area contributed by atoms with Gasteiger partial charge >= 0.3 is 0 Å². The number of benzene rings is 1. The Labute approximate surface area is 98.3 Å². The van der Waals surface area contributed by atoms with Crippen LogP contribution in [-0.2, 0) is 7.05 Å². The molecule has 0 fully saturated rings. The summed E-state index contributed by atoms with van der Waals surface area (Å²) < 4.78 is 1.99. The van der Waals surface area contributed by atoms with Crippen molar-refractivity contribution in [2.24, 2.45) is 7.05 Å². The second-order valence-electron chi connectivity index (χ2n) is 4.18. The second kappa shape index (κ2) is 5.15. The molecule has 0 atom stereocenters. The normalized spacial score (nSPS) is 10.4. The van der Waals surface area contributed by atoms with Gasteiger partial charge in [0, 0.05) is 18.1 Å². The first-order valence-electron chi connectivity index (χ1n) is 6.03. The molecule has 0 saturated carbocycles. The fourth-order valence-corrected chi connectivity index (χ4v) is 2.02. The van der Waals surface area contributed by atoms with Crippen LogP contribution in [0.3, 0.4) is 0 Å². The molecule has 0 N–H and O–H groups in total. The lowest BCUT2D eigenvalue weighted by molar-refractivity contribution is 0.677. The highest BCUT2D eigenvalue weighted by molar-refractivity contribution is 5.82. The number of rotatable bonds is 1. The van der Waals surface area contributed by atoms with E-state index in [-0.39, 0.29) is 0 Å². The van der Waals surface area contributed by atoms with Crippen molar-refractivity contribution in [2.75, 3.05) is 0 Å². The van der Waals surface area contributed by atoms with Gasteiger partial charge in [-0.1, -0.05) is 39.3 Å². The summed E-state index contributed by atoms with van der Waals surface area (Å²) in [5.41, 5.74) is 3.72. The van der Waals surface area contributed by atoms with Gasteiger partial charge in [-0.25, -0.2) is 0 Å². The lowest BCUT2D eigenvalue weighted by atomic mass is 10.0. The molecule has 2 heteroatoms. The number of hydrogen-bond acceptors (Lipinski definition) is 1. The van der Waals surface area contributed by atoms with Gasteiger partial charge in [0.2, 0.25) is 0 Å². The molecule has 88 valence electrons. The third-order valence-corrected chi connectivity index (χ3v) is 2.58. The van der Waals surface area contributed by atoms with E-state index in [0.717, 1.165) is 5.52 Å². The minimum absolute atomic E-state index is 0.520. The van der Waals surface area contributed by atoms with Crippen molar-refractivity contribution in [2.45, 2.75) is 40.5 Å². The van der Waals surface area contributed by atoms with E-state index in [4.69, 9.17) is 0 Å². The molecule has 0 unspecified atom stereocenters. The van der Waals surface area contributed by atoms with Gasteiger partial charge in [-0.2, -0.15) is 5.10 Å². The topological polar surface area (TPSA) is 17.8 Å². The standard InChI is InChI=1S/C12H16N2.C2H6/c1-8(2)12-10-7-9(3)5-6-11(10)13-14(12)4;1-2/h5-8H,1-4H3;1-2H3. The molecule has 0 aliphatic heterocycles. The SMILES string of the molecule is CC.Cc1ccc2nn(C)c(C(C)C)c2c1. The summed E-state index contributed by atoms with van der Waals surface area (Å²) in [5, 5.41) is 5.79. The molecule has 0 radical (unpaired) electrons. The lowest BCUT2D eigenvalue weighted by Gasteiger charge is -2.05. The summed E-state index contributed by atoms with van der Waals surface area (Å²) in [5.74, 6) is 0.520. The number of fused-ring (bicyclic) bond motifs is 1. The Kier molecular flexibility index (Phi) is 4.11. The van der Waals surface area contributed by atoms with Crippen molar-refractivity contribution in [3.8, 4) is 0 Å². The first kappa shape index (κ1) is 12.8. The molecule has 0 aliphatic rings. The minimum atomic E-state index is 0.520. The van der Waals surface area contributed by atoms with Gasteiger partial charge in [-0.05, 0) is 25.0 Å². The van der Waals surface area contributed by atoms with Gasteiger partial charge in [0.1, 0.15) is 0 Å². The number of aromatic nitrogens is 2. The maximum Gasteiger partial charge on any atom is 0.0926 e. The average molecular weight is 218 g/mol. The van der Waals surface area contributed by atoms with E-state index in [1.807, 2.05) is 25.6 Å². The van der Waals surface area contributed by atoms with Crippen molar-refractivity contribution >= 4 is 10.9 Å². The molecule has 2 aromatic rings. The van der Waals surface area contributed by atoms with Crippen molar-refractivity contribution in [3.63, 3.8) is 0 Å². The first-order chi connectivity index (χ1) is 7.59. The van der Waals surface area contributed by atoms with Crippen LogP contribution in [0.5, 0.6) is 0 Å². The molecule has 0 aliphatic carbocycles. The highest BCUT2D eigenvalue weighted by Crippen LogP contribution is 2.25. The summed E-state index contributed by atoms with van der Waals surface area (Å²) in [6, 6.07) is 6.42. The quantitative estimate of drug-likeness (QED) is 0.706. The summed E-state index contributed by atoms with van der Waals surface area (Å²) in [4.78, 5) is 0. The Morgan fingerprint density at radius 3 is 2.38 bits per heavy atom. The van der Waals surface area contributed by atoms with E-state index in [0.29, 0.717) is 5.92 Å². The van der Waals surface area contributed by atoms with Crippen molar-refractivity contribution in [3.05, 3.63) is 29.5 Å². The Hall–Kier alpha value is -1.31. The molecule has 16 heavy (non-hydrogen) atoms. The van der Waals surface area contributed by atoms with E-state index in [1.54, 1.807) is 0 Å². The number of hydrogen-bond donors (Lipinski definition) is 0. The van der Waals surface area contributed by atoms with Crippen molar-refractivity contribution in [1.29, 1.82) is 0 Å². The average Bonchev–Trinajstić information content (AvgIpc) is 2.56. The van der Waals surface area contributed by atoms with E-state index in [9.17, 15) is 0 Å². The Bertz CT molecular complexity index is 467.